The van der Waals surface area contributed by atoms with Crippen molar-refractivity contribution in [2.24, 2.45) is 5.92 Å². The van der Waals surface area contributed by atoms with Crippen LogP contribution in [0.15, 0.2) is 72.9 Å². The lowest BCUT2D eigenvalue weighted by atomic mass is 9.95. The second-order valence-corrected chi connectivity index (χ2v) is 4.15. The zero-order valence-electron chi connectivity index (χ0n) is 10.7. The second-order valence-electron chi connectivity index (χ2n) is 4.15. The van der Waals surface area contributed by atoms with Crippen LogP contribution in [-0.4, -0.2) is 0 Å². The van der Waals surface area contributed by atoms with Crippen LogP contribution in [0, 0.1) is 5.92 Å². The summed E-state index contributed by atoms with van der Waals surface area (Å²) in [4.78, 5) is 0. The van der Waals surface area contributed by atoms with Gasteiger partial charge in [-0.25, -0.2) is 0 Å². The minimum absolute atomic E-state index is 0.459. The molecule has 0 spiro atoms. The first-order valence-corrected chi connectivity index (χ1v) is 5.44. The maximum Gasteiger partial charge on any atom is -0.0222 e. The van der Waals surface area contributed by atoms with Crippen molar-refractivity contribution >= 4 is 0 Å². The molecule has 0 atom stereocenters. The third-order valence-corrected chi connectivity index (χ3v) is 2.44. The average molecular weight is 214 g/mol. The summed E-state index contributed by atoms with van der Waals surface area (Å²) in [6, 6.07) is 0. The fourth-order valence-corrected chi connectivity index (χ4v) is 1.19. The minimum Gasteiger partial charge on any atom is -0.0991 e. The summed E-state index contributed by atoms with van der Waals surface area (Å²) in [6.07, 6.45) is 7.51. The van der Waals surface area contributed by atoms with Gasteiger partial charge >= 0.3 is 0 Å². The van der Waals surface area contributed by atoms with Crippen LogP contribution in [0.2, 0.25) is 0 Å². The Morgan fingerprint density at radius 2 is 1.62 bits per heavy atom. The summed E-state index contributed by atoms with van der Waals surface area (Å²) in [5.74, 6) is 0.459. The number of allylic oxidation sites excluding steroid dienone is 8. The lowest BCUT2D eigenvalue weighted by molar-refractivity contribution is 0.781. The minimum atomic E-state index is 0.459. The molecule has 0 saturated heterocycles. The van der Waals surface area contributed by atoms with Gasteiger partial charge in [0.25, 0.3) is 0 Å². The van der Waals surface area contributed by atoms with E-state index in [1.165, 1.54) is 0 Å². The van der Waals surface area contributed by atoms with Gasteiger partial charge < -0.3 is 0 Å². The van der Waals surface area contributed by atoms with Gasteiger partial charge in [-0.3, -0.25) is 0 Å². The largest absolute Gasteiger partial charge is 0.0991 e. The molecule has 16 heavy (non-hydrogen) atoms. The van der Waals surface area contributed by atoms with Crippen LogP contribution in [-0.2, 0) is 0 Å². The molecular formula is C16H22. The average Bonchev–Trinajstić information content (AvgIpc) is 2.24. The Bertz CT molecular complexity index is 359. The van der Waals surface area contributed by atoms with Gasteiger partial charge in [-0.1, -0.05) is 64.5 Å². The molecule has 0 nitrogen and oxygen atoms in total. The molecule has 0 saturated carbocycles. The van der Waals surface area contributed by atoms with Crippen molar-refractivity contribution in [1.82, 2.24) is 0 Å². The monoisotopic (exact) mass is 214 g/mol. The molecule has 0 heterocycles. The molecule has 0 aromatic heterocycles. The fourth-order valence-electron chi connectivity index (χ4n) is 1.19. The molecule has 0 amide bonds. The second kappa shape index (κ2) is 6.84. The highest BCUT2D eigenvalue weighted by molar-refractivity contribution is 5.47. The molecule has 0 N–H and O–H groups in total. The summed E-state index contributed by atoms with van der Waals surface area (Å²) in [5, 5.41) is 0. The van der Waals surface area contributed by atoms with E-state index < -0.39 is 0 Å². The van der Waals surface area contributed by atoms with E-state index in [0.717, 1.165) is 22.3 Å². The van der Waals surface area contributed by atoms with Gasteiger partial charge in [-0.05, 0) is 35.1 Å². The van der Waals surface area contributed by atoms with Crippen molar-refractivity contribution in [2.75, 3.05) is 0 Å². The van der Waals surface area contributed by atoms with Gasteiger partial charge in [0.2, 0.25) is 0 Å². The maximum atomic E-state index is 4.06. The van der Waals surface area contributed by atoms with Gasteiger partial charge in [0.15, 0.2) is 0 Å². The van der Waals surface area contributed by atoms with Crippen LogP contribution in [0.3, 0.4) is 0 Å². The first-order chi connectivity index (χ1) is 7.40. The Morgan fingerprint density at radius 3 is 2.06 bits per heavy atom. The van der Waals surface area contributed by atoms with E-state index in [4.69, 9.17) is 0 Å². The van der Waals surface area contributed by atoms with Crippen molar-refractivity contribution in [1.29, 1.82) is 0 Å². The first-order valence-electron chi connectivity index (χ1n) is 5.44. The molecule has 0 unspecified atom stereocenters. The van der Waals surface area contributed by atoms with Crippen LogP contribution in [0.1, 0.15) is 20.8 Å². The molecule has 0 aliphatic heterocycles. The van der Waals surface area contributed by atoms with E-state index in [-0.39, 0.29) is 0 Å². The summed E-state index contributed by atoms with van der Waals surface area (Å²) in [6.45, 7) is 21.9. The highest BCUT2D eigenvalue weighted by Crippen LogP contribution is 2.20. The zero-order valence-corrected chi connectivity index (χ0v) is 10.7. The molecule has 0 bridgehead atoms. The molecule has 0 aliphatic carbocycles. The highest BCUT2D eigenvalue weighted by Gasteiger charge is 2.03. The van der Waals surface area contributed by atoms with Gasteiger partial charge in [0.05, 0.1) is 0 Å². The molecule has 0 aromatic carbocycles. The summed E-state index contributed by atoms with van der Waals surface area (Å²) >= 11 is 0. The Morgan fingerprint density at radius 1 is 1.06 bits per heavy atom. The zero-order chi connectivity index (χ0) is 12.7. The number of hydrogen-bond acceptors (Lipinski definition) is 0. The van der Waals surface area contributed by atoms with E-state index >= 15 is 0 Å². The van der Waals surface area contributed by atoms with Crippen LogP contribution >= 0.6 is 0 Å². The van der Waals surface area contributed by atoms with E-state index in [2.05, 4.69) is 47.1 Å². The van der Waals surface area contributed by atoms with Crippen molar-refractivity contribution in [3.05, 3.63) is 72.9 Å². The lowest BCUT2D eigenvalue weighted by Gasteiger charge is -2.10. The van der Waals surface area contributed by atoms with Crippen LogP contribution in [0.5, 0.6) is 0 Å². The van der Waals surface area contributed by atoms with Gasteiger partial charge in [0.1, 0.15) is 0 Å². The third kappa shape index (κ3) is 4.79. The Hall–Kier alpha value is -1.56. The normalized spacial score (nSPS) is 11.9. The van der Waals surface area contributed by atoms with E-state index in [9.17, 15) is 0 Å². The van der Waals surface area contributed by atoms with E-state index in [1.54, 1.807) is 6.08 Å². The van der Waals surface area contributed by atoms with Crippen molar-refractivity contribution in [3.63, 3.8) is 0 Å². The predicted octanol–water partition coefficient (Wildman–Crippen LogP) is 5.00. The van der Waals surface area contributed by atoms with Crippen LogP contribution in [0.25, 0.3) is 0 Å². The van der Waals surface area contributed by atoms with E-state index in [1.807, 2.05) is 18.2 Å². The van der Waals surface area contributed by atoms with Gasteiger partial charge in [0, 0.05) is 0 Å². The molecular weight excluding hydrogens is 192 g/mol. The molecule has 0 fully saturated rings. The molecule has 86 valence electrons. The molecule has 0 heteroatoms. The third-order valence-electron chi connectivity index (χ3n) is 2.44. The first kappa shape index (κ1) is 14.4. The quantitative estimate of drug-likeness (QED) is 0.546. The Labute approximate surface area is 100 Å². The lowest BCUT2D eigenvalue weighted by Crippen LogP contribution is -1.94. The Kier molecular flexibility index (Phi) is 6.17. The molecule has 0 aliphatic rings. The smallest absolute Gasteiger partial charge is 0.0222 e. The van der Waals surface area contributed by atoms with Crippen molar-refractivity contribution in [2.45, 2.75) is 20.8 Å². The number of hydrogen-bond donors (Lipinski definition) is 0. The van der Waals surface area contributed by atoms with E-state index in [0.29, 0.717) is 5.92 Å². The maximum absolute atomic E-state index is 4.06. The topological polar surface area (TPSA) is 0 Å². The SMILES string of the molecule is C=C/C=C\C(=C)C(=C)/C=C(/C)C(=C)C(C)C. The van der Waals surface area contributed by atoms with Gasteiger partial charge in [-0.2, -0.15) is 0 Å². The molecule has 0 aromatic rings. The predicted molar refractivity (Wildman–Crippen MR) is 75.4 cm³/mol. The molecule has 0 rings (SSSR count). The van der Waals surface area contributed by atoms with Gasteiger partial charge in [-0.15, -0.1) is 0 Å². The van der Waals surface area contributed by atoms with Crippen LogP contribution in [0.4, 0.5) is 0 Å². The summed E-state index contributed by atoms with van der Waals surface area (Å²) in [5.41, 5.74) is 4.11. The van der Waals surface area contributed by atoms with Crippen molar-refractivity contribution in [3.8, 4) is 0 Å². The molecule has 0 radical (unpaired) electrons. The fraction of sp³-hybridized carbons (Fsp3) is 0.250. The Balaban J connectivity index is 4.71. The van der Waals surface area contributed by atoms with Crippen molar-refractivity contribution < 1.29 is 0 Å². The highest BCUT2D eigenvalue weighted by atomic mass is 14.1. The summed E-state index contributed by atoms with van der Waals surface area (Å²) < 4.78 is 0. The number of rotatable bonds is 6. The van der Waals surface area contributed by atoms with Crippen LogP contribution < -0.4 is 0 Å². The summed E-state index contributed by atoms with van der Waals surface area (Å²) in [7, 11) is 0. The standard InChI is InChI=1S/C16H22/c1-8-9-10-13(4)14(5)11-15(6)16(7)12(2)3/h8-12H,1,4-5,7H2,2-3,6H3/b10-9-,15-11-.